The third-order valence-electron chi connectivity index (χ3n) is 2.75. The lowest BCUT2D eigenvalue weighted by Gasteiger charge is -2.04. The first-order chi connectivity index (χ1) is 8.15. The first kappa shape index (κ1) is 13.3. The van der Waals surface area contributed by atoms with Crippen LogP contribution in [0.3, 0.4) is 0 Å². The molecule has 0 unspecified atom stereocenters. The topological polar surface area (TPSA) is 20.2 Å². The molecule has 0 fully saturated rings. The zero-order valence-corrected chi connectivity index (χ0v) is 10.8. The fourth-order valence-electron chi connectivity index (χ4n) is 1.83. The van der Waals surface area contributed by atoms with Crippen LogP contribution in [-0.2, 0) is 6.42 Å². The third-order valence-corrected chi connectivity index (χ3v) is 2.75. The molecule has 0 atom stereocenters. The third kappa shape index (κ3) is 4.31. The molecule has 0 radical (unpaired) electrons. The molecule has 1 nitrogen and oxygen atoms in total. The van der Waals surface area contributed by atoms with Gasteiger partial charge in [-0.1, -0.05) is 43.3 Å². The minimum Gasteiger partial charge on any atom is -0.508 e. The predicted molar refractivity (Wildman–Crippen MR) is 73.4 cm³/mol. The van der Waals surface area contributed by atoms with E-state index >= 15 is 0 Å². The van der Waals surface area contributed by atoms with Crippen molar-refractivity contribution in [2.75, 3.05) is 0 Å². The standard InChI is InChI=1S/C10H14.C6H6O/c1-4-10-8(2)6-5-7-9(10)3;7-6-4-2-1-3-5-6/h5-7H,4H2,1-3H3;1-5,7H. The second-order valence-corrected chi connectivity index (χ2v) is 4.06. The number of hydrogen-bond acceptors (Lipinski definition) is 1. The summed E-state index contributed by atoms with van der Waals surface area (Å²) in [6.45, 7) is 6.55. The molecule has 0 heterocycles. The van der Waals surface area contributed by atoms with Gasteiger partial charge in [0, 0.05) is 0 Å². The maximum atomic E-state index is 8.63. The van der Waals surface area contributed by atoms with Crippen LogP contribution >= 0.6 is 0 Å². The van der Waals surface area contributed by atoms with Crippen LogP contribution in [-0.4, -0.2) is 5.11 Å². The molecule has 2 aromatic carbocycles. The summed E-state index contributed by atoms with van der Waals surface area (Å²) >= 11 is 0. The molecule has 1 heteroatoms. The molecule has 0 saturated carbocycles. The highest BCUT2D eigenvalue weighted by atomic mass is 16.3. The lowest BCUT2D eigenvalue weighted by atomic mass is 10.0. The molecule has 2 aromatic rings. The highest BCUT2D eigenvalue weighted by molar-refractivity contribution is 5.33. The van der Waals surface area contributed by atoms with Gasteiger partial charge >= 0.3 is 0 Å². The monoisotopic (exact) mass is 228 g/mol. The molecule has 0 bridgehead atoms. The van der Waals surface area contributed by atoms with Crippen LogP contribution in [0.25, 0.3) is 0 Å². The highest BCUT2D eigenvalue weighted by Crippen LogP contribution is 2.12. The van der Waals surface area contributed by atoms with Crippen LogP contribution in [0.1, 0.15) is 23.6 Å². The number of benzene rings is 2. The van der Waals surface area contributed by atoms with Crippen molar-refractivity contribution in [3.05, 3.63) is 65.2 Å². The lowest BCUT2D eigenvalue weighted by Crippen LogP contribution is -1.89. The quantitative estimate of drug-likeness (QED) is 0.773. The SMILES string of the molecule is CCc1c(C)cccc1C.Oc1ccccc1. The van der Waals surface area contributed by atoms with Gasteiger partial charge in [-0.25, -0.2) is 0 Å². The Balaban J connectivity index is 0.000000181. The maximum absolute atomic E-state index is 8.63. The van der Waals surface area contributed by atoms with Gasteiger partial charge in [0.25, 0.3) is 0 Å². The van der Waals surface area contributed by atoms with Crippen molar-refractivity contribution in [1.29, 1.82) is 0 Å². The van der Waals surface area contributed by atoms with Crippen molar-refractivity contribution in [2.24, 2.45) is 0 Å². The fraction of sp³-hybridized carbons (Fsp3) is 0.250. The Bertz CT molecular complexity index is 426. The number of phenolic OH excluding ortho intramolecular Hbond substituents is 1. The van der Waals surface area contributed by atoms with E-state index in [2.05, 4.69) is 39.0 Å². The second kappa shape index (κ2) is 6.74. The average molecular weight is 228 g/mol. The number of aromatic hydroxyl groups is 1. The summed E-state index contributed by atoms with van der Waals surface area (Å²) in [6, 6.07) is 15.2. The molecular weight excluding hydrogens is 208 g/mol. The Morgan fingerprint density at radius 2 is 1.35 bits per heavy atom. The van der Waals surface area contributed by atoms with Crippen molar-refractivity contribution in [3.8, 4) is 5.75 Å². The summed E-state index contributed by atoms with van der Waals surface area (Å²) in [4.78, 5) is 0. The van der Waals surface area contributed by atoms with Gasteiger partial charge in [0.05, 0.1) is 0 Å². The van der Waals surface area contributed by atoms with Crippen LogP contribution < -0.4 is 0 Å². The molecule has 1 N–H and O–H groups in total. The van der Waals surface area contributed by atoms with E-state index < -0.39 is 0 Å². The second-order valence-electron chi connectivity index (χ2n) is 4.06. The Labute approximate surface area is 104 Å². The average Bonchev–Trinajstić information content (AvgIpc) is 2.31. The zero-order chi connectivity index (χ0) is 12.7. The summed E-state index contributed by atoms with van der Waals surface area (Å²) in [5.74, 6) is 0.322. The van der Waals surface area contributed by atoms with Gasteiger partial charge in [-0.2, -0.15) is 0 Å². The summed E-state index contributed by atoms with van der Waals surface area (Å²) in [6.07, 6.45) is 1.15. The van der Waals surface area contributed by atoms with Crippen molar-refractivity contribution < 1.29 is 5.11 Å². The van der Waals surface area contributed by atoms with E-state index in [1.54, 1.807) is 24.3 Å². The summed E-state index contributed by atoms with van der Waals surface area (Å²) in [5.41, 5.74) is 4.34. The first-order valence-electron chi connectivity index (χ1n) is 5.94. The van der Waals surface area contributed by atoms with Crippen LogP contribution in [0.15, 0.2) is 48.5 Å². The molecule has 17 heavy (non-hydrogen) atoms. The molecular formula is C16H20O. The van der Waals surface area contributed by atoms with E-state index in [9.17, 15) is 0 Å². The zero-order valence-electron chi connectivity index (χ0n) is 10.8. The molecule has 0 aromatic heterocycles. The molecule has 0 spiro atoms. The van der Waals surface area contributed by atoms with Gasteiger partial charge in [0.15, 0.2) is 0 Å². The van der Waals surface area contributed by atoms with Crippen LogP contribution in [0, 0.1) is 13.8 Å². The van der Waals surface area contributed by atoms with Crippen molar-refractivity contribution in [3.63, 3.8) is 0 Å². The molecule has 90 valence electrons. The maximum Gasteiger partial charge on any atom is 0.115 e. The first-order valence-corrected chi connectivity index (χ1v) is 5.94. The van der Waals surface area contributed by atoms with Gasteiger partial charge in [0.1, 0.15) is 5.75 Å². The smallest absolute Gasteiger partial charge is 0.115 e. The van der Waals surface area contributed by atoms with E-state index in [-0.39, 0.29) is 0 Å². The van der Waals surface area contributed by atoms with Gasteiger partial charge in [0.2, 0.25) is 0 Å². The number of para-hydroxylation sites is 1. The Morgan fingerprint density at radius 3 is 1.65 bits per heavy atom. The van der Waals surface area contributed by atoms with Crippen LogP contribution in [0.2, 0.25) is 0 Å². The van der Waals surface area contributed by atoms with Crippen LogP contribution in [0.5, 0.6) is 5.75 Å². The van der Waals surface area contributed by atoms with E-state index in [0.29, 0.717) is 5.75 Å². The molecule has 0 saturated heterocycles. The molecule has 0 aliphatic heterocycles. The molecule has 2 rings (SSSR count). The minimum atomic E-state index is 0.322. The van der Waals surface area contributed by atoms with Crippen molar-refractivity contribution >= 4 is 0 Å². The van der Waals surface area contributed by atoms with Gasteiger partial charge in [-0.15, -0.1) is 0 Å². The minimum absolute atomic E-state index is 0.322. The van der Waals surface area contributed by atoms with Crippen LogP contribution in [0.4, 0.5) is 0 Å². The Kier molecular flexibility index (Phi) is 5.28. The predicted octanol–water partition coefficient (Wildman–Crippen LogP) is 4.26. The normalized spacial score (nSPS) is 9.35. The number of aryl methyl sites for hydroxylation is 2. The van der Waals surface area contributed by atoms with Gasteiger partial charge < -0.3 is 5.11 Å². The fourth-order valence-corrected chi connectivity index (χ4v) is 1.83. The number of hydrogen-bond donors (Lipinski definition) is 1. The van der Waals surface area contributed by atoms with Crippen molar-refractivity contribution in [2.45, 2.75) is 27.2 Å². The summed E-state index contributed by atoms with van der Waals surface area (Å²) in [7, 11) is 0. The molecule has 0 amide bonds. The van der Waals surface area contributed by atoms with E-state index in [1.807, 2.05) is 6.07 Å². The van der Waals surface area contributed by atoms with E-state index in [0.717, 1.165) is 6.42 Å². The molecule has 0 aliphatic rings. The lowest BCUT2D eigenvalue weighted by molar-refractivity contribution is 0.475. The Hall–Kier alpha value is -1.76. The number of phenols is 1. The number of rotatable bonds is 1. The highest BCUT2D eigenvalue weighted by Gasteiger charge is 1.96. The summed E-state index contributed by atoms with van der Waals surface area (Å²) in [5, 5.41) is 8.63. The van der Waals surface area contributed by atoms with E-state index in [4.69, 9.17) is 5.11 Å². The van der Waals surface area contributed by atoms with E-state index in [1.165, 1.54) is 16.7 Å². The molecule has 0 aliphatic carbocycles. The Morgan fingerprint density at radius 1 is 0.824 bits per heavy atom. The van der Waals surface area contributed by atoms with Gasteiger partial charge in [-0.05, 0) is 49.1 Å². The largest absolute Gasteiger partial charge is 0.508 e. The van der Waals surface area contributed by atoms with Crippen molar-refractivity contribution in [1.82, 2.24) is 0 Å². The summed E-state index contributed by atoms with van der Waals surface area (Å²) < 4.78 is 0. The van der Waals surface area contributed by atoms with Gasteiger partial charge in [-0.3, -0.25) is 0 Å².